The molecule has 1 aliphatic heterocycles. The maximum absolute atomic E-state index is 12.1. The smallest absolute Gasteiger partial charge is 0.215 e. The first-order chi connectivity index (χ1) is 8.53. The van der Waals surface area contributed by atoms with E-state index in [1.54, 1.807) is 6.92 Å². The van der Waals surface area contributed by atoms with Crippen molar-refractivity contribution in [2.45, 2.75) is 50.4 Å². The summed E-state index contributed by atoms with van der Waals surface area (Å²) in [6, 6.07) is 0.846. The molecule has 6 heteroatoms. The topological polar surface area (TPSA) is 61.4 Å². The Labute approximate surface area is 110 Å². The number of sulfonamides is 1. The van der Waals surface area contributed by atoms with Crippen LogP contribution in [0, 0.1) is 0 Å². The molecular formula is C12H25N3O2S. The van der Waals surface area contributed by atoms with E-state index in [1.807, 2.05) is 6.92 Å². The van der Waals surface area contributed by atoms with Crippen molar-refractivity contribution in [3.63, 3.8) is 0 Å². The molecule has 0 spiro atoms. The van der Waals surface area contributed by atoms with Gasteiger partial charge in [-0.05, 0) is 32.7 Å². The van der Waals surface area contributed by atoms with Gasteiger partial charge in [0.1, 0.15) is 0 Å². The van der Waals surface area contributed by atoms with Gasteiger partial charge in [-0.15, -0.1) is 0 Å². The fourth-order valence-corrected chi connectivity index (χ4v) is 3.69. The van der Waals surface area contributed by atoms with Crippen LogP contribution in [-0.2, 0) is 10.0 Å². The second-order valence-corrected chi connectivity index (χ2v) is 7.62. The predicted molar refractivity (Wildman–Crippen MR) is 73.1 cm³/mol. The van der Waals surface area contributed by atoms with Gasteiger partial charge in [-0.2, -0.15) is 0 Å². The molecule has 2 fully saturated rings. The molecule has 106 valence electrons. The predicted octanol–water partition coefficient (Wildman–Crippen LogP) is 0.141. The molecule has 0 radical (unpaired) electrons. The molecule has 1 aliphatic carbocycles. The van der Waals surface area contributed by atoms with E-state index in [2.05, 4.69) is 14.9 Å². The van der Waals surface area contributed by atoms with Crippen molar-refractivity contribution in [1.82, 2.24) is 14.9 Å². The maximum Gasteiger partial charge on any atom is 0.215 e. The van der Waals surface area contributed by atoms with E-state index in [4.69, 9.17) is 0 Å². The number of nitrogens with one attached hydrogen (secondary N) is 2. The van der Waals surface area contributed by atoms with Crippen molar-refractivity contribution in [2.24, 2.45) is 0 Å². The van der Waals surface area contributed by atoms with Crippen LogP contribution in [0.15, 0.2) is 0 Å². The third kappa shape index (κ3) is 3.66. The zero-order valence-corrected chi connectivity index (χ0v) is 12.2. The Morgan fingerprint density at radius 1 is 1.33 bits per heavy atom. The average molecular weight is 275 g/mol. The molecule has 2 rings (SSSR count). The minimum Gasteiger partial charge on any atom is -0.316 e. The lowest BCUT2D eigenvalue weighted by Crippen LogP contribution is -2.44. The van der Waals surface area contributed by atoms with Gasteiger partial charge in [0.25, 0.3) is 0 Å². The SMILES string of the molecule is CCNCC(C)S(=O)(=O)NC1CCN(C2CC2)C1. The van der Waals surface area contributed by atoms with E-state index >= 15 is 0 Å². The number of rotatable bonds is 7. The number of nitrogens with zero attached hydrogens (tertiary/aromatic N) is 1. The molecule has 1 saturated carbocycles. The number of hydrogen-bond acceptors (Lipinski definition) is 4. The summed E-state index contributed by atoms with van der Waals surface area (Å²) in [6.45, 7) is 7.00. The summed E-state index contributed by atoms with van der Waals surface area (Å²) in [5, 5.41) is 2.72. The number of hydrogen-bond donors (Lipinski definition) is 2. The van der Waals surface area contributed by atoms with Crippen molar-refractivity contribution in [2.75, 3.05) is 26.2 Å². The normalized spacial score (nSPS) is 27.6. The highest BCUT2D eigenvalue weighted by Gasteiger charge is 2.36. The molecule has 0 amide bonds. The van der Waals surface area contributed by atoms with Gasteiger partial charge < -0.3 is 5.32 Å². The average Bonchev–Trinajstić information content (AvgIpc) is 3.07. The monoisotopic (exact) mass is 275 g/mol. The Bertz CT molecular complexity index is 368. The Kier molecular flexibility index (Phi) is 4.64. The van der Waals surface area contributed by atoms with Gasteiger partial charge in [0.2, 0.25) is 10.0 Å². The fourth-order valence-electron chi connectivity index (χ4n) is 2.46. The minimum atomic E-state index is -3.18. The van der Waals surface area contributed by atoms with Gasteiger partial charge in [-0.1, -0.05) is 6.92 Å². The first kappa shape index (κ1) is 14.2. The van der Waals surface area contributed by atoms with Gasteiger partial charge in [0.05, 0.1) is 5.25 Å². The third-order valence-electron chi connectivity index (χ3n) is 3.83. The van der Waals surface area contributed by atoms with Crippen molar-refractivity contribution in [1.29, 1.82) is 0 Å². The molecule has 18 heavy (non-hydrogen) atoms. The van der Waals surface area contributed by atoms with Crippen LogP contribution in [0.1, 0.15) is 33.1 Å². The number of likely N-dealkylation sites (tertiary alicyclic amines) is 1. The van der Waals surface area contributed by atoms with Crippen molar-refractivity contribution in [3.8, 4) is 0 Å². The second-order valence-electron chi connectivity index (χ2n) is 5.49. The molecule has 2 N–H and O–H groups in total. The van der Waals surface area contributed by atoms with E-state index in [1.165, 1.54) is 12.8 Å². The Hall–Kier alpha value is -0.170. The Morgan fingerprint density at radius 3 is 2.67 bits per heavy atom. The lowest BCUT2D eigenvalue weighted by molar-refractivity contribution is 0.322. The molecule has 0 aromatic rings. The van der Waals surface area contributed by atoms with Crippen LogP contribution < -0.4 is 10.0 Å². The van der Waals surface area contributed by atoms with Crippen LogP contribution >= 0.6 is 0 Å². The Balaban J connectivity index is 1.80. The molecule has 2 atom stereocenters. The highest BCUT2D eigenvalue weighted by molar-refractivity contribution is 7.90. The summed E-state index contributed by atoms with van der Waals surface area (Å²) >= 11 is 0. The van der Waals surface area contributed by atoms with Crippen LogP contribution in [0.3, 0.4) is 0 Å². The zero-order valence-electron chi connectivity index (χ0n) is 11.4. The standard InChI is InChI=1S/C12H25N3O2S/c1-3-13-8-10(2)18(16,17)14-11-6-7-15(9-11)12-4-5-12/h10-14H,3-9H2,1-2H3. The van der Waals surface area contributed by atoms with Crippen molar-refractivity contribution >= 4 is 10.0 Å². The lowest BCUT2D eigenvalue weighted by Gasteiger charge is -2.19. The van der Waals surface area contributed by atoms with Crippen LogP contribution in [0.4, 0.5) is 0 Å². The summed E-state index contributed by atoms with van der Waals surface area (Å²) < 4.78 is 27.1. The molecular weight excluding hydrogens is 250 g/mol. The molecule has 5 nitrogen and oxygen atoms in total. The quantitative estimate of drug-likeness (QED) is 0.694. The van der Waals surface area contributed by atoms with Gasteiger partial charge in [0, 0.05) is 31.7 Å². The summed E-state index contributed by atoms with van der Waals surface area (Å²) in [5.41, 5.74) is 0. The fraction of sp³-hybridized carbons (Fsp3) is 1.00. The summed E-state index contributed by atoms with van der Waals surface area (Å²) in [4.78, 5) is 2.42. The highest BCUT2D eigenvalue weighted by Crippen LogP contribution is 2.29. The first-order valence-corrected chi connectivity index (χ1v) is 8.53. The van der Waals surface area contributed by atoms with Crippen molar-refractivity contribution < 1.29 is 8.42 Å². The molecule has 1 saturated heterocycles. The van der Waals surface area contributed by atoms with Crippen LogP contribution in [0.5, 0.6) is 0 Å². The van der Waals surface area contributed by atoms with Gasteiger partial charge in [-0.25, -0.2) is 13.1 Å². The van der Waals surface area contributed by atoms with E-state index < -0.39 is 10.0 Å². The molecule has 1 heterocycles. The highest BCUT2D eigenvalue weighted by atomic mass is 32.2. The van der Waals surface area contributed by atoms with Crippen molar-refractivity contribution in [3.05, 3.63) is 0 Å². The van der Waals surface area contributed by atoms with E-state index in [0.29, 0.717) is 6.54 Å². The summed E-state index contributed by atoms with van der Waals surface area (Å²) in [5.74, 6) is 0. The third-order valence-corrected chi connectivity index (χ3v) is 5.71. The minimum absolute atomic E-state index is 0.111. The van der Waals surface area contributed by atoms with Gasteiger partial charge in [0.15, 0.2) is 0 Å². The molecule has 0 aromatic carbocycles. The second kappa shape index (κ2) is 5.86. The Morgan fingerprint density at radius 2 is 2.06 bits per heavy atom. The van der Waals surface area contributed by atoms with Gasteiger partial charge >= 0.3 is 0 Å². The van der Waals surface area contributed by atoms with E-state index in [0.717, 1.165) is 32.1 Å². The zero-order chi connectivity index (χ0) is 13.2. The molecule has 2 aliphatic rings. The largest absolute Gasteiger partial charge is 0.316 e. The van der Waals surface area contributed by atoms with E-state index in [-0.39, 0.29) is 11.3 Å². The van der Waals surface area contributed by atoms with Gasteiger partial charge in [-0.3, -0.25) is 4.90 Å². The molecule has 0 aromatic heterocycles. The lowest BCUT2D eigenvalue weighted by atomic mass is 10.3. The van der Waals surface area contributed by atoms with Crippen LogP contribution in [-0.4, -0.2) is 56.8 Å². The van der Waals surface area contributed by atoms with Crippen LogP contribution in [0.2, 0.25) is 0 Å². The van der Waals surface area contributed by atoms with Crippen LogP contribution in [0.25, 0.3) is 0 Å². The van der Waals surface area contributed by atoms with E-state index in [9.17, 15) is 8.42 Å². The summed E-state index contributed by atoms with van der Waals surface area (Å²) in [7, 11) is -3.18. The summed E-state index contributed by atoms with van der Waals surface area (Å²) in [6.07, 6.45) is 3.52. The molecule has 2 unspecified atom stereocenters. The molecule has 0 bridgehead atoms. The maximum atomic E-state index is 12.1. The first-order valence-electron chi connectivity index (χ1n) is 6.99.